The molecule has 3 rings (SSSR count). The lowest BCUT2D eigenvalue weighted by molar-refractivity contribution is -0.174. The van der Waals surface area contributed by atoms with Crippen molar-refractivity contribution >= 4 is 29.4 Å². The summed E-state index contributed by atoms with van der Waals surface area (Å²) in [5.41, 5.74) is 7.09. The van der Waals surface area contributed by atoms with Gasteiger partial charge in [0.2, 0.25) is 11.7 Å². The minimum absolute atomic E-state index is 0.222. The zero-order valence-corrected chi connectivity index (χ0v) is 15.0. The van der Waals surface area contributed by atoms with Gasteiger partial charge in [0.1, 0.15) is 0 Å². The molecule has 1 amide bonds. The molecule has 126 valence electrons. The third-order valence-electron chi connectivity index (χ3n) is 4.36. The molecule has 4 nitrogen and oxygen atoms in total. The molecule has 6 heteroatoms. The van der Waals surface area contributed by atoms with Gasteiger partial charge in [-0.2, -0.15) is 0 Å². The average molecular weight is 354 g/mol. The first-order valence-corrected chi connectivity index (χ1v) is 9.94. The Balaban J connectivity index is 1.90. The van der Waals surface area contributed by atoms with E-state index >= 15 is 0 Å². The highest BCUT2D eigenvalue weighted by Gasteiger charge is 2.64. The van der Waals surface area contributed by atoms with Gasteiger partial charge in [-0.05, 0) is 12.0 Å². The van der Waals surface area contributed by atoms with E-state index < -0.39 is 9.87 Å². The number of thioether (sulfide) groups is 2. The van der Waals surface area contributed by atoms with Crippen LogP contribution in [0, 0.1) is 0 Å². The van der Waals surface area contributed by atoms with E-state index in [4.69, 9.17) is 15.2 Å². The molecule has 2 heterocycles. The predicted molar refractivity (Wildman–Crippen MR) is 95.3 cm³/mol. The summed E-state index contributed by atoms with van der Waals surface area (Å²) < 4.78 is 11.1. The Morgan fingerprint density at radius 2 is 2.00 bits per heavy atom. The van der Waals surface area contributed by atoms with Crippen LogP contribution in [0.25, 0.3) is 0 Å². The Morgan fingerprint density at radius 3 is 2.61 bits per heavy atom. The number of nitrogens with two attached hydrogens (primary N) is 1. The van der Waals surface area contributed by atoms with Crippen molar-refractivity contribution in [2.75, 3.05) is 19.0 Å². The zero-order valence-electron chi connectivity index (χ0n) is 13.3. The smallest absolute Gasteiger partial charge is 0.249 e. The van der Waals surface area contributed by atoms with Gasteiger partial charge in [0.05, 0.1) is 13.2 Å². The van der Waals surface area contributed by atoms with Crippen LogP contribution in [-0.2, 0) is 14.3 Å². The van der Waals surface area contributed by atoms with Crippen LogP contribution >= 0.6 is 23.5 Å². The standard InChI is InChI=1S/C17H23NO3S2/c1-2-3-9-16(20-10-11-21-16)17(15(18)19)22-12-14(23-17)13-7-5-4-6-8-13/h4-8,14H,2-3,9-12H2,1H3,(H2,18,19)/t14?,17-/m0/s1. The van der Waals surface area contributed by atoms with Gasteiger partial charge in [-0.25, -0.2) is 0 Å². The summed E-state index contributed by atoms with van der Waals surface area (Å²) in [5, 5.41) is 0.222. The molecule has 1 aromatic carbocycles. The second-order valence-corrected chi connectivity index (χ2v) is 8.77. The quantitative estimate of drug-likeness (QED) is 0.850. The maximum atomic E-state index is 12.5. The van der Waals surface area contributed by atoms with Crippen LogP contribution in [0.4, 0.5) is 0 Å². The molecule has 0 aliphatic carbocycles. The summed E-state index contributed by atoms with van der Waals surface area (Å²) >= 11 is 3.19. The molecule has 2 aliphatic rings. The van der Waals surface area contributed by atoms with Crippen LogP contribution in [-0.4, -0.2) is 34.7 Å². The number of ether oxygens (including phenoxy) is 2. The number of carbonyl (C=O) groups excluding carboxylic acids is 1. The van der Waals surface area contributed by atoms with E-state index in [-0.39, 0.29) is 11.2 Å². The van der Waals surface area contributed by atoms with Crippen molar-refractivity contribution in [2.45, 2.75) is 41.3 Å². The van der Waals surface area contributed by atoms with Crippen LogP contribution in [0.5, 0.6) is 0 Å². The number of hydrogen-bond acceptors (Lipinski definition) is 5. The highest BCUT2D eigenvalue weighted by molar-refractivity contribution is 8.22. The monoisotopic (exact) mass is 353 g/mol. The Hall–Kier alpha value is -0.690. The van der Waals surface area contributed by atoms with Crippen molar-refractivity contribution in [1.29, 1.82) is 0 Å². The molecular weight excluding hydrogens is 330 g/mol. The molecule has 0 bridgehead atoms. The molecular formula is C17H23NO3S2. The summed E-state index contributed by atoms with van der Waals surface area (Å²) in [6.45, 7) is 3.17. The summed E-state index contributed by atoms with van der Waals surface area (Å²) in [7, 11) is 0. The minimum Gasteiger partial charge on any atom is -0.368 e. The molecule has 1 aromatic rings. The molecule has 2 aliphatic heterocycles. The highest BCUT2D eigenvalue weighted by atomic mass is 32.2. The van der Waals surface area contributed by atoms with Gasteiger partial charge < -0.3 is 15.2 Å². The zero-order chi connectivity index (χ0) is 16.3. The van der Waals surface area contributed by atoms with Gasteiger partial charge in [-0.1, -0.05) is 43.7 Å². The number of unbranched alkanes of at least 4 members (excludes halogenated alkanes) is 1. The third kappa shape index (κ3) is 3.02. The number of carbonyl (C=O) groups is 1. The van der Waals surface area contributed by atoms with Crippen molar-refractivity contribution in [3.63, 3.8) is 0 Å². The van der Waals surface area contributed by atoms with Crippen LogP contribution in [0.2, 0.25) is 0 Å². The van der Waals surface area contributed by atoms with E-state index in [1.54, 1.807) is 23.5 Å². The molecule has 0 radical (unpaired) electrons. The molecule has 2 saturated heterocycles. The predicted octanol–water partition coefficient (Wildman–Crippen LogP) is 3.32. The van der Waals surface area contributed by atoms with Gasteiger partial charge in [0, 0.05) is 17.4 Å². The highest BCUT2D eigenvalue weighted by Crippen LogP contribution is 2.62. The van der Waals surface area contributed by atoms with Crippen LogP contribution in [0.15, 0.2) is 30.3 Å². The number of hydrogen-bond donors (Lipinski definition) is 1. The first kappa shape index (κ1) is 17.1. The summed E-state index contributed by atoms with van der Waals surface area (Å²) in [4.78, 5) is 12.5. The van der Waals surface area contributed by atoms with Gasteiger partial charge in [-0.15, -0.1) is 23.5 Å². The van der Waals surface area contributed by atoms with Gasteiger partial charge >= 0.3 is 0 Å². The first-order chi connectivity index (χ1) is 11.1. The normalized spacial score (nSPS) is 29.7. The lowest BCUT2D eigenvalue weighted by Gasteiger charge is -2.41. The summed E-state index contributed by atoms with van der Waals surface area (Å²) in [6, 6.07) is 10.3. The van der Waals surface area contributed by atoms with Crippen molar-refractivity contribution in [1.82, 2.24) is 0 Å². The number of rotatable bonds is 6. The molecule has 0 saturated carbocycles. The second-order valence-electron chi connectivity index (χ2n) is 5.86. The second kappa shape index (κ2) is 7.05. The first-order valence-electron chi connectivity index (χ1n) is 8.08. The van der Waals surface area contributed by atoms with Crippen molar-refractivity contribution < 1.29 is 14.3 Å². The van der Waals surface area contributed by atoms with Crippen LogP contribution in [0.1, 0.15) is 37.0 Å². The molecule has 1 unspecified atom stereocenters. The average Bonchev–Trinajstić information content (AvgIpc) is 3.22. The minimum atomic E-state index is -0.895. The maximum Gasteiger partial charge on any atom is 0.249 e. The Kier molecular flexibility index (Phi) is 5.26. The summed E-state index contributed by atoms with van der Waals surface area (Å²) in [5.74, 6) is -0.407. The fourth-order valence-corrected chi connectivity index (χ4v) is 6.84. The van der Waals surface area contributed by atoms with Crippen LogP contribution in [0.3, 0.4) is 0 Å². The lowest BCUT2D eigenvalue weighted by atomic mass is 10.0. The van der Waals surface area contributed by atoms with Gasteiger partial charge in [0.25, 0.3) is 0 Å². The van der Waals surface area contributed by atoms with E-state index in [1.165, 1.54) is 5.56 Å². The largest absolute Gasteiger partial charge is 0.368 e. The molecule has 2 atom stereocenters. The fraction of sp³-hybridized carbons (Fsp3) is 0.588. The van der Waals surface area contributed by atoms with Gasteiger partial charge in [0.15, 0.2) is 4.08 Å². The fourth-order valence-electron chi connectivity index (χ4n) is 3.17. The Morgan fingerprint density at radius 1 is 1.30 bits per heavy atom. The van der Waals surface area contributed by atoms with E-state index in [9.17, 15) is 4.79 Å². The van der Waals surface area contributed by atoms with E-state index in [2.05, 4.69) is 19.1 Å². The maximum absolute atomic E-state index is 12.5. The number of primary amides is 1. The molecule has 0 aromatic heterocycles. The van der Waals surface area contributed by atoms with E-state index in [0.717, 1.165) is 18.6 Å². The Bertz CT molecular complexity index is 548. The Labute approximate surface area is 145 Å². The molecule has 2 fully saturated rings. The lowest BCUT2D eigenvalue weighted by Crippen LogP contribution is -2.57. The third-order valence-corrected chi connectivity index (χ3v) is 8.20. The molecule has 0 spiro atoms. The molecule has 2 N–H and O–H groups in total. The van der Waals surface area contributed by atoms with Crippen LogP contribution < -0.4 is 5.73 Å². The SMILES string of the molecule is CCCCC1([C@@]2(C(N)=O)SCC(c3ccccc3)S2)OCCO1. The van der Waals surface area contributed by atoms with Crippen molar-refractivity contribution in [3.05, 3.63) is 35.9 Å². The number of benzene rings is 1. The van der Waals surface area contributed by atoms with Crippen molar-refractivity contribution in [2.24, 2.45) is 5.73 Å². The van der Waals surface area contributed by atoms with Gasteiger partial charge in [-0.3, -0.25) is 4.79 Å². The summed E-state index contributed by atoms with van der Waals surface area (Å²) in [6.07, 6.45) is 2.68. The molecule has 23 heavy (non-hydrogen) atoms. The topological polar surface area (TPSA) is 61.6 Å². The van der Waals surface area contributed by atoms with E-state index in [1.807, 2.05) is 18.2 Å². The number of amides is 1. The van der Waals surface area contributed by atoms with Crippen molar-refractivity contribution in [3.8, 4) is 0 Å². The van der Waals surface area contributed by atoms with E-state index in [0.29, 0.717) is 19.6 Å².